The molecule has 0 aliphatic heterocycles. The van der Waals surface area contributed by atoms with Crippen LogP contribution in [0.2, 0.25) is 0 Å². The van der Waals surface area contributed by atoms with Crippen LogP contribution in [0, 0.1) is 5.82 Å². The zero-order valence-corrected chi connectivity index (χ0v) is 13.7. The third kappa shape index (κ3) is 3.57. The van der Waals surface area contributed by atoms with E-state index in [0.717, 1.165) is 6.42 Å². The van der Waals surface area contributed by atoms with Crippen molar-refractivity contribution in [3.05, 3.63) is 46.8 Å². The number of amides is 1. The molecule has 0 saturated carbocycles. The minimum absolute atomic E-state index is 0.00999. The summed E-state index contributed by atoms with van der Waals surface area (Å²) < 4.78 is 19.5. The van der Waals surface area contributed by atoms with Crippen LogP contribution in [0.4, 0.5) is 4.39 Å². The van der Waals surface area contributed by atoms with Gasteiger partial charge < -0.3 is 9.84 Å². The van der Waals surface area contributed by atoms with Gasteiger partial charge in [0.1, 0.15) is 17.0 Å². The van der Waals surface area contributed by atoms with Crippen LogP contribution in [0.25, 0.3) is 22.4 Å². The standard InChI is InChI=1S/C17H17FN4O3/c1-2-8-19-13(23)7-9-22-10-20-15-14(21-25-16(15)17(22)24)11-3-5-12(18)6-4-11/h3-6,10H,2,7-9H2,1H3,(H,19,23). The fourth-order valence-electron chi connectivity index (χ4n) is 2.39. The lowest BCUT2D eigenvalue weighted by Crippen LogP contribution is -2.27. The van der Waals surface area contributed by atoms with Gasteiger partial charge in [-0.1, -0.05) is 12.1 Å². The third-order valence-electron chi connectivity index (χ3n) is 3.72. The van der Waals surface area contributed by atoms with Gasteiger partial charge in [-0.3, -0.25) is 14.2 Å². The van der Waals surface area contributed by atoms with Gasteiger partial charge in [-0.05, 0) is 30.7 Å². The lowest BCUT2D eigenvalue weighted by Gasteiger charge is -2.05. The Balaban J connectivity index is 1.85. The smallest absolute Gasteiger partial charge is 0.299 e. The van der Waals surface area contributed by atoms with E-state index in [1.807, 2.05) is 6.92 Å². The van der Waals surface area contributed by atoms with E-state index in [1.165, 1.54) is 35.2 Å². The second kappa shape index (κ2) is 7.25. The van der Waals surface area contributed by atoms with E-state index in [9.17, 15) is 14.0 Å². The van der Waals surface area contributed by atoms with Crippen LogP contribution >= 0.6 is 0 Å². The van der Waals surface area contributed by atoms with Crippen LogP contribution < -0.4 is 10.9 Å². The number of nitrogens with one attached hydrogen (secondary N) is 1. The van der Waals surface area contributed by atoms with Crippen molar-refractivity contribution in [3.63, 3.8) is 0 Å². The van der Waals surface area contributed by atoms with E-state index in [-0.39, 0.29) is 30.3 Å². The number of fused-ring (bicyclic) bond motifs is 1. The highest BCUT2D eigenvalue weighted by Gasteiger charge is 2.16. The Hall–Kier alpha value is -3.03. The number of aryl methyl sites for hydroxylation is 1. The first-order valence-corrected chi connectivity index (χ1v) is 7.97. The van der Waals surface area contributed by atoms with Crippen LogP contribution in [0.3, 0.4) is 0 Å². The fraction of sp³-hybridized carbons (Fsp3) is 0.294. The zero-order chi connectivity index (χ0) is 17.8. The van der Waals surface area contributed by atoms with Gasteiger partial charge in [0.15, 0.2) is 0 Å². The molecule has 1 N–H and O–H groups in total. The topological polar surface area (TPSA) is 90.0 Å². The molecule has 0 atom stereocenters. The quantitative estimate of drug-likeness (QED) is 0.740. The summed E-state index contributed by atoms with van der Waals surface area (Å²) >= 11 is 0. The molecule has 0 unspecified atom stereocenters. The van der Waals surface area contributed by atoms with Crippen LogP contribution in [0.1, 0.15) is 19.8 Å². The van der Waals surface area contributed by atoms with Gasteiger partial charge in [-0.2, -0.15) is 0 Å². The van der Waals surface area contributed by atoms with E-state index in [4.69, 9.17) is 4.52 Å². The molecule has 130 valence electrons. The SMILES string of the molecule is CCCNC(=O)CCn1cnc2c(-c3ccc(F)cc3)noc2c1=O. The Morgan fingerprint density at radius 2 is 2.08 bits per heavy atom. The predicted molar refractivity (Wildman–Crippen MR) is 89.4 cm³/mol. The number of carbonyl (C=O) groups excluding carboxylic acids is 1. The van der Waals surface area contributed by atoms with E-state index < -0.39 is 5.56 Å². The summed E-state index contributed by atoms with van der Waals surface area (Å²) in [6.07, 6.45) is 2.39. The van der Waals surface area contributed by atoms with Crippen molar-refractivity contribution in [2.75, 3.05) is 6.54 Å². The number of nitrogens with zero attached hydrogens (tertiary/aromatic N) is 3. The summed E-state index contributed by atoms with van der Waals surface area (Å²) in [6, 6.07) is 5.67. The normalized spacial score (nSPS) is 11.0. The highest BCUT2D eigenvalue weighted by molar-refractivity contribution is 5.87. The third-order valence-corrected chi connectivity index (χ3v) is 3.72. The molecule has 3 rings (SSSR count). The highest BCUT2D eigenvalue weighted by Crippen LogP contribution is 2.24. The van der Waals surface area contributed by atoms with Crippen LogP contribution in [-0.4, -0.2) is 27.2 Å². The summed E-state index contributed by atoms with van der Waals surface area (Å²) in [5, 5.41) is 6.63. The van der Waals surface area contributed by atoms with Crippen LogP contribution in [-0.2, 0) is 11.3 Å². The van der Waals surface area contributed by atoms with Crippen LogP contribution in [0.5, 0.6) is 0 Å². The lowest BCUT2D eigenvalue weighted by molar-refractivity contribution is -0.121. The molecule has 8 heteroatoms. The Labute approximate surface area is 142 Å². The Bertz CT molecular complexity index is 947. The van der Waals surface area contributed by atoms with Gasteiger partial charge in [0.25, 0.3) is 11.1 Å². The monoisotopic (exact) mass is 344 g/mol. The number of halogens is 1. The molecular weight excluding hydrogens is 327 g/mol. The average Bonchev–Trinajstić information content (AvgIpc) is 3.05. The lowest BCUT2D eigenvalue weighted by atomic mass is 10.1. The van der Waals surface area contributed by atoms with Gasteiger partial charge in [-0.15, -0.1) is 0 Å². The van der Waals surface area contributed by atoms with Gasteiger partial charge in [0, 0.05) is 25.1 Å². The van der Waals surface area contributed by atoms with Crippen molar-refractivity contribution in [1.82, 2.24) is 20.0 Å². The van der Waals surface area contributed by atoms with Crippen molar-refractivity contribution in [2.45, 2.75) is 26.3 Å². The molecule has 25 heavy (non-hydrogen) atoms. The van der Waals surface area contributed by atoms with Crippen molar-refractivity contribution in [1.29, 1.82) is 0 Å². The summed E-state index contributed by atoms with van der Waals surface area (Å²) in [4.78, 5) is 28.3. The molecule has 0 radical (unpaired) electrons. The number of hydrogen-bond acceptors (Lipinski definition) is 5. The fourth-order valence-corrected chi connectivity index (χ4v) is 2.39. The largest absolute Gasteiger partial charge is 0.356 e. The molecular formula is C17H17FN4O3. The van der Waals surface area contributed by atoms with Gasteiger partial charge >= 0.3 is 0 Å². The van der Waals surface area contributed by atoms with Crippen molar-refractivity contribution in [3.8, 4) is 11.3 Å². The highest BCUT2D eigenvalue weighted by atomic mass is 19.1. The summed E-state index contributed by atoms with van der Waals surface area (Å²) in [5.41, 5.74) is 0.886. The second-order valence-corrected chi connectivity index (χ2v) is 5.56. The zero-order valence-electron chi connectivity index (χ0n) is 13.7. The van der Waals surface area contributed by atoms with E-state index in [2.05, 4.69) is 15.5 Å². The van der Waals surface area contributed by atoms with E-state index in [0.29, 0.717) is 23.3 Å². The maximum Gasteiger partial charge on any atom is 0.299 e. The van der Waals surface area contributed by atoms with E-state index in [1.54, 1.807) is 0 Å². The van der Waals surface area contributed by atoms with Crippen molar-refractivity contribution in [2.24, 2.45) is 0 Å². The molecule has 0 bridgehead atoms. The van der Waals surface area contributed by atoms with Crippen molar-refractivity contribution >= 4 is 17.0 Å². The molecule has 1 amide bonds. The Morgan fingerprint density at radius 3 is 2.80 bits per heavy atom. The van der Waals surface area contributed by atoms with Gasteiger partial charge in [0.2, 0.25) is 5.91 Å². The minimum Gasteiger partial charge on any atom is -0.356 e. The van der Waals surface area contributed by atoms with Crippen molar-refractivity contribution < 1.29 is 13.7 Å². The molecule has 2 aromatic heterocycles. The van der Waals surface area contributed by atoms with Gasteiger partial charge in [-0.25, -0.2) is 9.37 Å². The second-order valence-electron chi connectivity index (χ2n) is 5.56. The molecule has 0 spiro atoms. The Kier molecular flexibility index (Phi) is 4.87. The molecule has 7 nitrogen and oxygen atoms in total. The first-order chi connectivity index (χ1) is 12.1. The maximum atomic E-state index is 13.0. The first-order valence-electron chi connectivity index (χ1n) is 7.97. The molecule has 0 aliphatic carbocycles. The molecule has 3 aromatic rings. The number of rotatable bonds is 6. The molecule has 0 fully saturated rings. The number of aromatic nitrogens is 3. The minimum atomic E-state index is -0.408. The average molecular weight is 344 g/mol. The summed E-state index contributed by atoms with van der Waals surface area (Å²) in [6.45, 7) is 2.77. The number of hydrogen-bond donors (Lipinski definition) is 1. The Morgan fingerprint density at radius 1 is 1.32 bits per heavy atom. The maximum absolute atomic E-state index is 13.0. The number of carbonyl (C=O) groups is 1. The molecule has 0 aliphatic rings. The summed E-state index contributed by atoms with van der Waals surface area (Å²) in [7, 11) is 0. The van der Waals surface area contributed by atoms with Gasteiger partial charge in [0.05, 0.1) is 6.33 Å². The number of benzene rings is 1. The first kappa shape index (κ1) is 16.8. The van der Waals surface area contributed by atoms with Crippen LogP contribution in [0.15, 0.2) is 39.9 Å². The summed E-state index contributed by atoms with van der Waals surface area (Å²) in [5.74, 6) is -0.494. The molecule has 0 saturated heterocycles. The molecule has 1 aromatic carbocycles. The predicted octanol–water partition coefficient (Wildman–Crippen LogP) is 2.11. The van der Waals surface area contributed by atoms with E-state index >= 15 is 0 Å². The molecule has 2 heterocycles.